The highest BCUT2D eigenvalue weighted by Gasteiger charge is 2.40. The van der Waals surface area contributed by atoms with Crippen LogP contribution in [-0.4, -0.2) is 51.9 Å². The molecule has 0 N–H and O–H groups in total. The van der Waals surface area contributed by atoms with Crippen molar-refractivity contribution in [3.63, 3.8) is 0 Å². The molecule has 22 heavy (non-hydrogen) atoms. The van der Waals surface area contributed by atoms with Crippen LogP contribution in [0.2, 0.25) is 0 Å². The van der Waals surface area contributed by atoms with Gasteiger partial charge in [0.1, 0.15) is 5.82 Å². The largest absolute Gasteiger partial charge is 0.434 e. The molecule has 2 aliphatic rings. The molecule has 5 nitrogen and oxygen atoms in total. The normalized spacial score (nSPS) is 25.1. The van der Waals surface area contributed by atoms with Gasteiger partial charge in [-0.2, -0.15) is 13.2 Å². The van der Waals surface area contributed by atoms with Crippen molar-refractivity contribution in [3.8, 4) is 0 Å². The Bertz CT molecular complexity index is 575. The molecule has 1 fully saturated rings. The van der Waals surface area contributed by atoms with Gasteiger partial charge in [-0.15, -0.1) is 0 Å². The van der Waals surface area contributed by atoms with Gasteiger partial charge < -0.3 is 14.4 Å². The van der Waals surface area contributed by atoms with Gasteiger partial charge in [-0.05, 0) is 26.9 Å². The highest BCUT2D eigenvalue weighted by molar-refractivity contribution is 5.80. The summed E-state index contributed by atoms with van der Waals surface area (Å²) in [5.74, 6) is 0.354. The maximum Gasteiger partial charge on any atom is 0.434 e. The molecule has 8 heteroatoms. The van der Waals surface area contributed by atoms with E-state index >= 15 is 0 Å². The lowest BCUT2D eigenvalue weighted by atomic mass is 9.78. The van der Waals surface area contributed by atoms with Crippen LogP contribution in [0.5, 0.6) is 0 Å². The van der Waals surface area contributed by atoms with Crippen molar-refractivity contribution in [1.29, 1.82) is 0 Å². The van der Waals surface area contributed by atoms with Crippen LogP contribution in [0.25, 0.3) is 0 Å². The minimum absolute atomic E-state index is 0.00370. The highest BCUT2D eigenvalue weighted by Crippen LogP contribution is 2.33. The fraction of sp³-hybridized carbons (Fsp3) is 0.714. The number of carbonyl (C=O) groups is 1. The van der Waals surface area contributed by atoms with Crippen molar-refractivity contribution in [3.05, 3.63) is 17.7 Å². The summed E-state index contributed by atoms with van der Waals surface area (Å²) in [5, 5.41) is 0. The Morgan fingerprint density at radius 2 is 2.00 bits per heavy atom. The Balaban J connectivity index is 1.65. The van der Waals surface area contributed by atoms with E-state index in [4.69, 9.17) is 0 Å². The predicted octanol–water partition coefficient (Wildman–Crippen LogP) is 1.58. The fourth-order valence-corrected chi connectivity index (χ4v) is 3.05. The van der Waals surface area contributed by atoms with Gasteiger partial charge in [0.2, 0.25) is 5.91 Å². The molecule has 3 rings (SSSR count). The van der Waals surface area contributed by atoms with E-state index < -0.39 is 11.9 Å². The average molecular weight is 316 g/mol. The predicted molar refractivity (Wildman–Crippen MR) is 72.8 cm³/mol. The lowest BCUT2D eigenvalue weighted by Gasteiger charge is -2.41. The van der Waals surface area contributed by atoms with Crippen molar-refractivity contribution < 1.29 is 18.0 Å². The summed E-state index contributed by atoms with van der Waals surface area (Å²) in [6.07, 6.45) is -1.76. The second kappa shape index (κ2) is 5.26. The number of hydrogen-bond donors (Lipinski definition) is 0. The number of carbonyl (C=O) groups excluding carboxylic acids is 1. The van der Waals surface area contributed by atoms with Crippen LogP contribution in [0, 0.1) is 5.92 Å². The summed E-state index contributed by atoms with van der Waals surface area (Å²) in [5.41, 5.74) is -0.881. The zero-order valence-corrected chi connectivity index (χ0v) is 12.6. The second-order valence-corrected chi connectivity index (χ2v) is 6.28. The molecule has 1 amide bonds. The van der Waals surface area contributed by atoms with E-state index in [0.29, 0.717) is 25.0 Å². The third kappa shape index (κ3) is 2.71. The monoisotopic (exact) mass is 316 g/mol. The smallest absolute Gasteiger partial charge is 0.333 e. The van der Waals surface area contributed by atoms with Crippen molar-refractivity contribution >= 4 is 5.91 Å². The van der Waals surface area contributed by atoms with Gasteiger partial charge in [-0.1, -0.05) is 0 Å². The standard InChI is InChI=1S/C14H19F3N4O/c1-19(2)10-5-9(6-10)13(22)21-4-3-20-7-11(14(15,16)17)18-12(20)8-21/h7,9-10H,3-6,8H2,1-2H3. The maximum atomic E-state index is 12.7. The molecule has 0 saturated heterocycles. The number of nitrogens with zero attached hydrogens (tertiary/aromatic N) is 4. The zero-order chi connectivity index (χ0) is 16.1. The summed E-state index contributed by atoms with van der Waals surface area (Å²) in [6, 6.07) is 0.428. The highest BCUT2D eigenvalue weighted by atomic mass is 19.4. The fourth-order valence-electron chi connectivity index (χ4n) is 3.05. The minimum atomic E-state index is -4.44. The average Bonchev–Trinajstić information content (AvgIpc) is 2.78. The number of fused-ring (bicyclic) bond motifs is 1. The first-order valence-corrected chi connectivity index (χ1v) is 7.34. The Morgan fingerprint density at radius 3 is 2.59 bits per heavy atom. The molecule has 0 atom stereocenters. The van der Waals surface area contributed by atoms with E-state index in [1.807, 2.05) is 14.1 Å². The summed E-state index contributed by atoms with van der Waals surface area (Å²) >= 11 is 0. The molecular formula is C14H19F3N4O. The number of imidazole rings is 1. The lowest BCUT2D eigenvalue weighted by molar-refractivity contribution is -0.141. The van der Waals surface area contributed by atoms with Gasteiger partial charge in [-0.3, -0.25) is 4.79 Å². The number of hydrogen-bond acceptors (Lipinski definition) is 3. The molecule has 0 unspecified atom stereocenters. The third-order valence-electron chi connectivity index (χ3n) is 4.60. The van der Waals surface area contributed by atoms with Gasteiger partial charge in [-0.25, -0.2) is 4.98 Å². The number of halogens is 3. The van der Waals surface area contributed by atoms with Gasteiger partial charge in [0.15, 0.2) is 5.69 Å². The van der Waals surface area contributed by atoms with Gasteiger partial charge in [0, 0.05) is 31.2 Å². The maximum absolute atomic E-state index is 12.7. The summed E-state index contributed by atoms with van der Waals surface area (Å²) in [7, 11) is 3.98. The summed E-state index contributed by atoms with van der Waals surface area (Å²) in [6.45, 7) is 0.981. The Hall–Kier alpha value is -1.57. The van der Waals surface area contributed by atoms with Gasteiger partial charge >= 0.3 is 6.18 Å². The molecule has 0 aromatic carbocycles. The summed E-state index contributed by atoms with van der Waals surface area (Å²) < 4.78 is 39.5. The van der Waals surface area contributed by atoms with E-state index in [2.05, 4.69) is 9.88 Å². The molecule has 2 heterocycles. The molecule has 122 valence electrons. The first-order chi connectivity index (χ1) is 10.3. The number of alkyl halides is 3. The Labute approximate surface area is 126 Å². The van der Waals surface area contributed by atoms with Crippen molar-refractivity contribution in [2.24, 2.45) is 5.92 Å². The van der Waals surface area contributed by atoms with Crippen LogP contribution in [-0.2, 0) is 24.1 Å². The van der Waals surface area contributed by atoms with Crippen LogP contribution in [0.4, 0.5) is 13.2 Å². The van der Waals surface area contributed by atoms with E-state index in [0.717, 1.165) is 19.0 Å². The van der Waals surface area contributed by atoms with Crippen molar-refractivity contribution in [2.75, 3.05) is 20.6 Å². The quantitative estimate of drug-likeness (QED) is 0.832. The van der Waals surface area contributed by atoms with E-state index in [9.17, 15) is 18.0 Å². The van der Waals surface area contributed by atoms with Crippen LogP contribution in [0.3, 0.4) is 0 Å². The first-order valence-electron chi connectivity index (χ1n) is 7.34. The zero-order valence-electron chi connectivity index (χ0n) is 12.6. The molecule has 1 aromatic heterocycles. The molecule has 1 aliphatic carbocycles. The van der Waals surface area contributed by atoms with E-state index in [1.54, 1.807) is 4.90 Å². The number of amides is 1. The van der Waals surface area contributed by atoms with E-state index in [1.165, 1.54) is 4.57 Å². The Morgan fingerprint density at radius 1 is 1.32 bits per heavy atom. The van der Waals surface area contributed by atoms with E-state index in [-0.39, 0.29) is 18.4 Å². The first kappa shape index (κ1) is 15.3. The minimum Gasteiger partial charge on any atom is -0.333 e. The molecule has 0 radical (unpaired) electrons. The van der Waals surface area contributed by atoms with Gasteiger partial charge in [0.25, 0.3) is 0 Å². The molecule has 1 aromatic rings. The molecule has 0 bridgehead atoms. The third-order valence-corrected chi connectivity index (χ3v) is 4.60. The van der Waals surface area contributed by atoms with Crippen LogP contribution >= 0.6 is 0 Å². The molecule has 0 spiro atoms. The van der Waals surface area contributed by atoms with Crippen LogP contribution < -0.4 is 0 Å². The van der Waals surface area contributed by atoms with Crippen LogP contribution in [0.1, 0.15) is 24.4 Å². The molecular weight excluding hydrogens is 297 g/mol. The SMILES string of the molecule is CN(C)C1CC(C(=O)N2CCn3cc(C(F)(F)F)nc3C2)C1. The number of rotatable bonds is 2. The second-order valence-electron chi connectivity index (χ2n) is 6.28. The number of aromatic nitrogens is 2. The van der Waals surface area contributed by atoms with Crippen LogP contribution in [0.15, 0.2) is 6.20 Å². The Kier molecular flexibility index (Phi) is 3.66. The molecule has 1 aliphatic heterocycles. The topological polar surface area (TPSA) is 41.4 Å². The lowest BCUT2D eigenvalue weighted by Crippen LogP contribution is -2.49. The molecule has 1 saturated carbocycles. The summed E-state index contributed by atoms with van der Waals surface area (Å²) in [4.78, 5) is 19.8. The van der Waals surface area contributed by atoms with Gasteiger partial charge in [0.05, 0.1) is 6.54 Å². The van der Waals surface area contributed by atoms with Crippen molar-refractivity contribution in [2.45, 2.75) is 38.1 Å². The van der Waals surface area contributed by atoms with Crippen molar-refractivity contribution in [1.82, 2.24) is 19.4 Å².